The van der Waals surface area contributed by atoms with Gasteiger partial charge >= 0.3 is 0 Å². The molecule has 0 saturated carbocycles. The van der Waals surface area contributed by atoms with Gasteiger partial charge in [0, 0.05) is 26.2 Å². The second-order valence-corrected chi connectivity index (χ2v) is 6.59. The van der Waals surface area contributed by atoms with Gasteiger partial charge in [0.2, 0.25) is 5.91 Å². The first-order chi connectivity index (χ1) is 7.84. The highest BCUT2D eigenvalue weighted by molar-refractivity contribution is 8.00. The number of hydrogen-bond acceptors (Lipinski definition) is 3. The van der Waals surface area contributed by atoms with Crippen LogP contribution in [0.4, 0.5) is 0 Å². The smallest absolute Gasteiger partial charge is 0.235 e. The van der Waals surface area contributed by atoms with E-state index in [1.54, 1.807) is 0 Å². The molecule has 3 aliphatic rings. The van der Waals surface area contributed by atoms with Crippen molar-refractivity contribution < 1.29 is 4.79 Å². The Hall–Kier alpha value is -0.220. The second kappa shape index (κ2) is 4.57. The van der Waals surface area contributed by atoms with E-state index < -0.39 is 0 Å². The number of rotatable bonds is 1. The summed E-state index contributed by atoms with van der Waals surface area (Å²) >= 11 is 1.88. The van der Waals surface area contributed by atoms with E-state index in [4.69, 9.17) is 0 Å². The number of amides is 1. The van der Waals surface area contributed by atoms with Crippen LogP contribution in [0, 0.1) is 11.8 Å². The molecular formula is C12H20N2OS. The summed E-state index contributed by atoms with van der Waals surface area (Å²) in [6, 6.07) is 0. The van der Waals surface area contributed by atoms with Gasteiger partial charge < -0.3 is 10.2 Å². The molecule has 0 aromatic carbocycles. The summed E-state index contributed by atoms with van der Waals surface area (Å²) in [5.41, 5.74) is 0. The SMILES string of the molecule is O=C(C1CCCCS1)N1C[C@H]2CNC[C@H]2C1. The molecule has 3 atom stereocenters. The van der Waals surface area contributed by atoms with Crippen molar-refractivity contribution in [3.63, 3.8) is 0 Å². The van der Waals surface area contributed by atoms with E-state index in [0.29, 0.717) is 5.91 Å². The third kappa shape index (κ3) is 1.97. The van der Waals surface area contributed by atoms with Gasteiger partial charge in [0.15, 0.2) is 0 Å². The predicted octanol–water partition coefficient (Wildman–Crippen LogP) is 0.950. The van der Waals surface area contributed by atoms with Gasteiger partial charge in [0.25, 0.3) is 0 Å². The number of likely N-dealkylation sites (tertiary alicyclic amines) is 1. The molecule has 0 aromatic heterocycles. The summed E-state index contributed by atoms with van der Waals surface area (Å²) in [4.78, 5) is 14.5. The third-order valence-corrected chi connectivity index (χ3v) is 5.52. The maximum absolute atomic E-state index is 12.3. The van der Waals surface area contributed by atoms with Crippen LogP contribution in [0.2, 0.25) is 0 Å². The van der Waals surface area contributed by atoms with Crippen LogP contribution in [0.3, 0.4) is 0 Å². The van der Waals surface area contributed by atoms with Crippen molar-refractivity contribution in [3.8, 4) is 0 Å². The van der Waals surface area contributed by atoms with Crippen LogP contribution < -0.4 is 5.32 Å². The topological polar surface area (TPSA) is 32.3 Å². The average Bonchev–Trinajstić information content (AvgIpc) is 2.89. The summed E-state index contributed by atoms with van der Waals surface area (Å²) in [5, 5.41) is 3.70. The zero-order valence-electron chi connectivity index (χ0n) is 9.65. The number of carbonyl (C=O) groups excluding carboxylic acids is 1. The minimum atomic E-state index is 0.278. The number of thioether (sulfide) groups is 1. The van der Waals surface area contributed by atoms with Crippen LogP contribution in [0.1, 0.15) is 19.3 Å². The van der Waals surface area contributed by atoms with Crippen LogP contribution in [0.25, 0.3) is 0 Å². The molecule has 3 fully saturated rings. The monoisotopic (exact) mass is 240 g/mol. The highest BCUT2D eigenvalue weighted by Gasteiger charge is 2.39. The molecule has 0 aromatic rings. The molecular weight excluding hydrogens is 220 g/mol. The Kier molecular flexibility index (Phi) is 3.11. The molecule has 1 N–H and O–H groups in total. The van der Waals surface area contributed by atoms with Crippen molar-refractivity contribution in [2.24, 2.45) is 11.8 Å². The van der Waals surface area contributed by atoms with Crippen LogP contribution in [-0.2, 0) is 4.79 Å². The molecule has 0 aliphatic carbocycles. The number of nitrogens with zero attached hydrogens (tertiary/aromatic N) is 1. The van der Waals surface area contributed by atoms with Gasteiger partial charge in [-0.25, -0.2) is 0 Å². The van der Waals surface area contributed by atoms with E-state index in [0.717, 1.165) is 44.4 Å². The lowest BCUT2D eigenvalue weighted by Gasteiger charge is -2.26. The van der Waals surface area contributed by atoms with Gasteiger partial charge in [-0.2, -0.15) is 0 Å². The third-order valence-electron chi connectivity index (χ3n) is 4.16. The summed E-state index contributed by atoms with van der Waals surface area (Å²) in [6.45, 7) is 4.25. The Balaban J connectivity index is 1.59. The van der Waals surface area contributed by atoms with Gasteiger partial charge in [-0.1, -0.05) is 6.42 Å². The predicted molar refractivity (Wildman–Crippen MR) is 66.5 cm³/mol. The van der Waals surface area contributed by atoms with Crippen molar-refractivity contribution in [2.45, 2.75) is 24.5 Å². The van der Waals surface area contributed by atoms with Crippen LogP contribution in [0.15, 0.2) is 0 Å². The van der Waals surface area contributed by atoms with E-state index in [1.807, 2.05) is 11.8 Å². The number of hydrogen-bond donors (Lipinski definition) is 1. The Labute approximate surface area is 101 Å². The van der Waals surface area contributed by atoms with Crippen LogP contribution in [-0.4, -0.2) is 48.0 Å². The molecule has 0 radical (unpaired) electrons. The quantitative estimate of drug-likeness (QED) is 0.740. The molecule has 0 spiro atoms. The number of fused-ring (bicyclic) bond motifs is 1. The van der Waals surface area contributed by atoms with Crippen LogP contribution >= 0.6 is 11.8 Å². The van der Waals surface area contributed by atoms with Crippen molar-refractivity contribution in [3.05, 3.63) is 0 Å². The standard InChI is InChI=1S/C12H20N2OS/c15-12(11-3-1-2-4-16-11)14-7-9-5-13-6-10(9)8-14/h9-11,13H,1-8H2/t9-,10+,11?. The van der Waals surface area contributed by atoms with E-state index in [9.17, 15) is 4.79 Å². The lowest BCUT2D eigenvalue weighted by atomic mass is 10.0. The summed E-state index contributed by atoms with van der Waals surface area (Å²) < 4.78 is 0. The van der Waals surface area contributed by atoms with Gasteiger partial charge in [0.1, 0.15) is 0 Å². The lowest BCUT2D eigenvalue weighted by molar-refractivity contribution is -0.130. The van der Waals surface area contributed by atoms with Crippen molar-refractivity contribution in [1.29, 1.82) is 0 Å². The zero-order valence-corrected chi connectivity index (χ0v) is 10.5. The fourth-order valence-electron chi connectivity index (χ4n) is 3.17. The first kappa shape index (κ1) is 10.9. The number of nitrogens with one attached hydrogen (secondary N) is 1. The highest BCUT2D eigenvalue weighted by Crippen LogP contribution is 2.31. The molecule has 1 amide bonds. The molecule has 3 heterocycles. The molecule has 3 nitrogen and oxygen atoms in total. The second-order valence-electron chi connectivity index (χ2n) is 5.28. The fraction of sp³-hybridized carbons (Fsp3) is 0.917. The van der Waals surface area contributed by atoms with Crippen molar-refractivity contribution in [1.82, 2.24) is 10.2 Å². The molecule has 16 heavy (non-hydrogen) atoms. The Morgan fingerprint density at radius 3 is 2.56 bits per heavy atom. The van der Waals surface area contributed by atoms with Crippen molar-refractivity contribution in [2.75, 3.05) is 31.9 Å². The molecule has 1 unspecified atom stereocenters. The Morgan fingerprint density at radius 1 is 1.19 bits per heavy atom. The van der Waals surface area contributed by atoms with Crippen molar-refractivity contribution >= 4 is 17.7 Å². The van der Waals surface area contributed by atoms with Gasteiger partial charge in [-0.15, -0.1) is 11.8 Å². The van der Waals surface area contributed by atoms with E-state index in [1.165, 1.54) is 18.6 Å². The first-order valence-corrected chi connectivity index (χ1v) is 7.50. The fourth-order valence-corrected chi connectivity index (χ4v) is 4.45. The van der Waals surface area contributed by atoms with E-state index >= 15 is 0 Å². The minimum absolute atomic E-state index is 0.278. The molecule has 3 aliphatic heterocycles. The van der Waals surface area contributed by atoms with Gasteiger partial charge in [-0.3, -0.25) is 4.79 Å². The highest BCUT2D eigenvalue weighted by atomic mass is 32.2. The molecule has 90 valence electrons. The molecule has 3 saturated heterocycles. The Bertz CT molecular complexity index is 266. The first-order valence-electron chi connectivity index (χ1n) is 6.45. The number of carbonyl (C=O) groups is 1. The van der Waals surface area contributed by atoms with Crippen LogP contribution in [0.5, 0.6) is 0 Å². The normalized spacial score (nSPS) is 38.8. The molecule has 4 heteroatoms. The zero-order chi connectivity index (χ0) is 11.0. The maximum Gasteiger partial charge on any atom is 0.235 e. The molecule has 0 bridgehead atoms. The molecule has 3 rings (SSSR count). The van der Waals surface area contributed by atoms with E-state index in [2.05, 4.69) is 10.2 Å². The van der Waals surface area contributed by atoms with Gasteiger partial charge in [0.05, 0.1) is 5.25 Å². The summed E-state index contributed by atoms with van der Waals surface area (Å²) in [5.74, 6) is 3.08. The summed E-state index contributed by atoms with van der Waals surface area (Å²) in [7, 11) is 0. The maximum atomic E-state index is 12.3. The summed E-state index contributed by atoms with van der Waals surface area (Å²) in [6.07, 6.45) is 3.64. The largest absolute Gasteiger partial charge is 0.341 e. The lowest BCUT2D eigenvalue weighted by Crippen LogP contribution is -2.38. The minimum Gasteiger partial charge on any atom is -0.341 e. The Morgan fingerprint density at radius 2 is 1.94 bits per heavy atom. The van der Waals surface area contributed by atoms with Gasteiger partial charge in [-0.05, 0) is 30.4 Å². The van der Waals surface area contributed by atoms with E-state index in [-0.39, 0.29) is 5.25 Å². The average molecular weight is 240 g/mol.